The SMILES string of the molecule is COc1cc(/C=C/c2onc(C)c2[N+](=O)[O-])cc(Br)c1O. The molecule has 1 aromatic carbocycles. The van der Waals surface area contributed by atoms with Gasteiger partial charge in [-0.25, -0.2) is 0 Å². The Balaban J connectivity index is 2.38. The zero-order valence-electron chi connectivity index (χ0n) is 11.2. The second-order valence-corrected chi connectivity index (χ2v) is 4.98. The Kier molecular flexibility index (Phi) is 4.27. The first-order valence-corrected chi connectivity index (χ1v) is 6.58. The van der Waals surface area contributed by atoms with Crippen molar-refractivity contribution in [2.24, 2.45) is 0 Å². The molecule has 21 heavy (non-hydrogen) atoms. The van der Waals surface area contributed by atoms with Crippen molar-refractivity contribution in [1.82, 2.24) is 5.16 Å². The molecular formula is C13H11BrN2O5. The fourth-order valence-corrected chi connectivity index (χ4v) is 2.19. The van der Waals surface area contributed by atoms with Crippen LogP contribution in [0, 0.1) is 17.0 Å². The Morgan fingerprint density at radius 2 is 2.19 bits per heavy atom. The average Bonchev–Trinajstić information content (AvgIpc) is 2.81. The predicted octanol–water partition coefficient (Wildman–Crippen LogP) is 3.54. The maximum Gasteiger partial charge on any atom is 0.338 e. The molecule has 2 rings (SSSR count). The summed E-state index contributed by atoms with van der Waals surface area (Å²) < 4.78 is 10.4. The second kappa shape index (κ2) is 5.96. The van der Waals surface area contributed by atoms with Gasteiger partial charge in [0, 0.05) is 0 Å². The van der Waals surface area contributed by atoms with Gasteiger partial charge in [0.2, 0.25) is 5.76 Å². The first-order chi connectivity index (χ1) is 9.93. The van der Waals surface area contributed by atoms with E-state index in [9.17, 15) is 15.2 Å². The summed E-state index contributed by atoms with van der Waals surface area (Å²) in [4.78, 5) is 10.4. The number of hydrogen-bond acceptors (Lipinski definition) is 6. The Hall–Kier alpha value is -2.35. The summed E-state index contributed by atoms with van der Waals surface area (Å²) in [6.07, 6.45) is 3.04. The highest BCUT2D eigenvalue weighted by Gasteiger charge is 2.21. The van der Waals surface area contributed by atoms with Crippen molar-refractivity contribution in [2.45, 2.75) is 6.92 Å². The molecule has 0 unspecified atom stereocenters. The maximum absolute atomic E-state index is 10.9. The minimum Gasteiger partial charge on any atom is -0.503 e. The summed E-state index contributed by atoms with van der Waals surface area (Å²) in [7, 11) is 1.43. The van der Waals surface area contributed by atoms with Crippen LogP contribution in [0.4, 0.5) is 5.69 Å². The summed E-state index contributed by atoms with van der Waals surface area (Å²) in [6, 6.07) is 3.23. The van der Waals surface area contributed by atoms with E-state index in [1.165, 1.54) is 20.1 Å². The molecule has 0 atom stereocenters. The van der Waals surface area contributed by atoms with Crippen molar-refractivity contribution in [3.63, 3.8) is 0 Å². The number of nitro groups is 1. The van der Waals surface area contributed by atoms with Crippen LogP contribution < -0.4 is 4.74 Å². The van der Waals surface area contributed by atoms with Gasteiger partial charge in [-0.05, 0) is 46.6 Å². The minimum absolute atomic E-state index is 0.0175. The quantitative estimate of drug-likeness (QED) is 0.665. The van der Waals surface area contributed by atoms with Crippen molar-refractivity contribution in [3.05, 3.63) is 43.7 Å². The monoisotopic (exact) mass is 354 g/mol. The van der Waals surface area contributed by atoms with E-state index in [0.717, 1.165) is 0 Å². The highest BCUT2D eigenvalue weighted by molar-refractivity contribution is 9.10. The molecule has 0 spiro atoms. The van der Waals surface area contributed by atoms with Crippen LogP contribution in [-0.2, 0) is 0 Å². The molecule has 1 heterocycles. The number of ether oxygens (including phenoxy) is 1. The standard InChI is InChI=1S/C13H11BrN2O5/c1-7-12(16(18)19)10(21-15-7)4-3-8-5-9(14)13(17)11(6-8)20-2/h3-6,17H,1-2H3/b4-3+. The van der Waals surface area contributed by atoms with Crippen LogP contribution in [-0.4, -0.2) is 22.3 Å². The average molecular weight is 355 g/mol. The molecule has 0 saturated heterocycles. The van der Waals surface area contributed by atoms with Gasteiger partial charge in [0.15, 0.2) is 17.2 Å². The number of phenols is 1. The number of aryl methyl sites for hydroxylation is 1. The Labute approximate surface area is 128 Å². The lowest BCUT2D eigenvalue weighted by atomic mass is 10.1. The Bertz CT molecular complexity index is 724. The number of nitrogens with zero attached hydrogens (tertiary/aromatic N) is 2. The number of phenolic OH excluding ortho intramolecular Hbond substituents is 1. The number of hydrogen-bond donors (Lipinski definition) is 1. The van der Waals surface area contributed by atoms with Crippen molar-refractivity contribution >= 4 is 33.8 Å². The van der Waals surface area contributed by atoms with E-state index in [2.05, 4.69) is 21.1 Å². The summed E-state index contributed by atoms with van der Waals surface area (Å²) in [6.45, 7) is 1.50. The summed E-state index contributed by atoms with van der Waals surface area (Å²) in [5.74, 6) is 0.323. The lowest BCUT2D eigenvalue weighted by Gasteiger charge is -2.06. The minimum atomic E-state index is -0.543. The highest BCUT2D eigenvalue weighted by Crippen LogP contribution is 2.36. The third kappa shape index (κ3) is 3.05. The molecule has 110 valence electrons. The van der Waals surface area contributed by atoms with E-state index < -0.39 is 4.92 Å². The van der Waals surface area contributed by atoms with Crippen molar-refractivity contribution in [2.75, 3.05) is 7.11 Å². The first kappa shape index (κ1) is 15.0. The van der Waals surface area contributed by atoms with Crippen molar-refractivity contribution in [3.8, 4) is 11.5 Å². The molecule has 0 radical (unpaired) electrons. The Morgan fingerprint density at radius 1 is 1.48 bits per heavy atom. The van der Waals surface area contributed by atoms with E-state index in [0.29, 0.717) is 10.0 Å². The van der Waals surface area contributed by atoms with Gasteiger partial charge in [-0.2, -0.15) is 0 Å². The van der Waals surface area contributed by atoms with E-state index in [4.69, 9.17) is 9.26 Å². The van der Waals surface area contributed by atoms with Gasteiger partial charge < -0.3 is 14.4 Å². The largest absolute Gasteiger partial charge is 0.503 e. The van der Waals surface area contributed by atoms with E-state index in [-0.39, 0.29) is 28.6 Å². The van der Waals surface area contributed by atoms with E-state index in [1.807, 2.05) is 0 Å². The molecule has 1 N–H and O–H groups in total. The predicted molar refractivity (Wildman–Crippen MR) is 79.2 cm³/mol. The van der Waals surface area contributed by atoms with Gasteiger partial charge in [0.05, 0.1) is 16.5 Å². The molecule has 0 aliphatic rings. The summed E-state index contributed by atoms with van der Waals surface area (Å²) in [5.41, 5.74) is 0.708. The number of halogens is 1. The van der Waals surface area contributed by atoms with E-state index in [1.54, 1.807) is 18.2 Å². The highest BCUT2D eigenvalue weighted by atomic mass is 79.9. The number of methoxy groups -OCH3 is 1. The molecule has 0 amide bonds. The molecule has 0 fully saturated rings. The summed E-state index contributed by atoms with van der Waals surface area (Å²) in [5, 5.41) is 24.2. The number of aromatic nitrogens is 1. The third-order valence-electron chi connectivity index (χ3n) is 2.74. The van der Waals surface area contributed by atoms with Crippen LogP contribution in [0.25, 0.3) is 12.2 Å². The third-order valence-corrected chi connectivity index (χ3v) is 3.34. The molecule has 1 aromatic heterocycles. The molecule has 7 nitrogen and oxygen atoms in total. The first-order valence-electron chi connectivity index (χ1n) is 5.79. The molecule has 8 heteroatoms. The number of rotatable bonds is 4. The number of aromatic hydroxyl groups is 1. The van der Waals surface area contributed by atoms with Crippen molar-refractivity contribution < 1.29 is 19.3 Å². The van der Waals surface area contributed by atoms with Gasteiger partial charge in [-0.3, -0.25) is 10.1 Å². The smallest absolute Gasteiger partial charge is 0.338 e. The van der Waals surface area contributed by atoms with Gasteiger partial charge >= 0.3 is 5.69 Å². The van der Waals surface area contributed by atoms with Crippen LogP contribution in [0.2, 0.25) is 0 Å². The van der Waals surface area contributed by atoms with Gasteiger partial charge in [-0.1, -0.05) is 11.2 Å². The zero-order valence-corrected chi connectivity index (χ0v) is 12.7. The zero-order chi connectivity index (χ0) is 15.6. The maximum atomic E-state index is 10.9. The molecule has 0 aliphatic heterocycles. The second-order valence-electron chi connectivity index (χ2n) is 4.12. The fraction of sp³-hybridized carbons (Fsp3) is 0.154. The van der Waals surface area contributed by atoms with Crippen LogP contribution in [0.5, 0.6) is 11.5 Å². The van der Waals surface area contributed by atoms with Gasteiger partial charge in [0.1, 0.15) is 0 Å². The molecule has 0 saturated carbocycles. The summed E-state index contributed by atoms with van der Waals surface area (Å²) >= 11 is 3.20. The number of benzene rings is 1. The molecule has 2 aromatic rings. The normalized spacial score (nSPS) is 11.0. The van der Waals surface area contributed by atoms with Crippen LogP contribution in [0.3, 0.4) is 0 Å². The van der Waals surface area contributed by atoms with E-state index >= 15 is 0 Å². The van der Waals surface area contributed by atoms with Gasteiger partial charge in [-0.15, -0.1) is 0 Å². The van der Waals surface area contributed by atoms with Crippen LogP contribution in [0.1, 0.15) is 17.0 Å². The fourth-order valence-electron chi connectivity index (χ4n) is 1.73. The lowest BCUT2D eigenvalue weighted by Crippen LogP contribution is -1.90. The topological polar surface area (TPSA) is 98.6 Å². The van der Waals surface area contributed by atoms with Crippen LogP contribution in [0.15, 0.2) is 21.1 Å². The lowest BCUT2D eigenvalue weighted by molar-refractivity contribution is -0.386. The molecule has 0 bridgehead atoms. The van der Waals surface area contributed by atoms with Crippen molar-refractivity contribution in [1.29, 1.82) is 0 Å². The van der Waals surface area contributed by atoms with Crippen LogP contribution >= 0.6 is 15.9 Å². The Morgan fingerprint density at radius 3 is 2.81 bits per heavy atom. The van der Waals surface area contributed by atoms with Gasteiger partial charge in [0.25, 0.3) is 0 Å². The molecular weight excluding hydrogens is 344 g/mol. The molecule has 0 aliphatic carbocycles.